The summed E-state index contributed by atoms with van der Waals surface area (Å²) in [5, 5.41) is 14.0. The van der Waals surface area contributed by atoms with Crippen LogP contribution in [0.3, 0.4) is 0 Å². The van der Waals surface area contributed by atoms with Crippen LogP contribution in [0.5, 0.6) is 0 Å². The number of rotatable bonds is 5. The van der Waals surface area contributed by atoms with Crippen LogP contribution in [0.2, 0.25) is 0 Å². The molecule has 2 aromatic carbocycles. The fourth-order valence-electron chi connectivity index (χ4n) is 2.65. The van der Waals surface area contributed by atoms with Gasteiger partial charge in [-0.2, -0.15) is 0 Å². The zero-order valence-electron chi connectivity index (χ0n) is 13.8. The first-order valence-electron chi connectivity index (χ1n) is 8.14. The standard InChI is InChI=1S/C18H17FN2O4S/c19-15-3-1-2-4-17(15)26-16-6-5-13(21(23)24)11-14(16)18(22)20-12-7-9-25-10-8-12/h1-6,11-12H,7-10H2,(H,20,22). The summed E-state index contributed by atoms with van der Waals surface area (Å²) in [6, 6.07) is 10.2. The monoisotopic (exact) mass is 376 g/mol. The van der Waals surface area contributed by atoms with E-state index in [0.717, 1.165) is 11.8 Å². The molecule has 0 radical (unpaired) electrons. The van der Waals surface area contributed by atoms with Crippen molar-refractivity contribution in [3.63, 3.8) is 0 Å². The van der Waals surface area contributed by atoms with Crippen molar-refractivity contribution in [2.75, 3.05) is 13.2 Å². The number of benzene rings is 2. The van der Waals surface area contributed by atoms with Gasteiger partial charge in [-0.25, -0.2) is 4.39 Å². The van der Waals surface area contributed by atoms with Crippen molar-refractivity contribution in [2.24, 2.45) is 0 Å². The second-order valence-electron chi connectivity index (χ2n) is 5.83. The molecule has 0 bridgehead atoms. The Morgan fingerprint density at radius 2 is 1.92 bits per heavy atom. The molecular weight excluding hydrogens is 359 g/mol. The topological polar surface area (TPSA) is 81.5 Å². The van der Waals surface area contributed by atoms with Gasteiger partial charge in [-0.1, -0.05) is 23.9 Å². The van der Waals surface area contributed by atoms with E-state index in [-0.39, 0.29) is 17.3 Å². The van der Waals surface area contributed by atoms with Crippen LogP contribution >= 0.6 is 11.8 Å². The summed E-state index contributed by atoms with van der Waals surface area (Å²) < 4.78 is 19.2. The summed E-state index contributed by atoms with van der Waals surface area (Å²) in [7, 11) is 0. The van der Waals surface area contributed by atoms with Gasteiger partial charge < -0.3 is 10.1 Å². The van der Waals surface area contributed by atoms with Gasteiger partial charge in [0.05, 0.1) is 10.5 Å². The normalized spacial score (nSPS) is 14.8. The van der Waals surface area contributed by atoms with Crippen molar-refractivity contribution in [3.8, 4) is 0 Å². The number of nitro groups is 1. The number of nitrogens with zero attached hydrogens (tertiary/aromatic N) is 1. The number of carbonyl (C=O) groups excluding carboxylic acids is 1. The van der Waals surface area contributed by atoms with Crippen LogP contribution in [-0.4, -0.2) is 30.1 Å². The first-order valence-corrected chi connectivity index (χ1v) is 8.95. The van der Waals surface area contributed by atoms with Gasteiger partial charge in [-0.05, 0) is 31.0 Å². The number of hydrogen-bond donors (Lipinski definition) is 1. The zero-order valence-corrected chi connectivity index (χ0v) is 14.6. The van der Waals surface area contributed by atoms with E-state index >= 15 is 0 Å². The summed E-state index contributed by atoms with van der Waals surface area (Å²) >= 11 is 1.07. The molecule has 0 spiro atoms. The van der Waals surface area contributed by atoms with Crippen LogP contribution in [0.1, 0.15) is 23.2 Å². The summed E-state index contributed by atoms with van der Waals surface area (Å²) in [5.74, 6) is -0.814. The van der Waals surface area contributed by atoms with E-state index < -0.39 is 16.6 Å². The lowest BCUT2D eigenvalue weighted by atomic mass is 10.1. The Labute approximate surface area is 153 Å². The molecule has 3 rings (SSSR count). The quantitative estimate of drug-likeness (QED) is 0.634. The summed E-state index contributed by atoms with van der Waals surface area (Å²) in [6.07, 6.45) is 1.38. The van der Waals surface area contributed by atoms with Crippen molar-refractivity contribution >= 4 is 23.4 Å². The number of amides is 1. The lowest BCUT2D eigenvalue weighted by Crippen LogP contribution is -2.39. The van der Waals surface area contributed by atoms with Crippen molar-refractivity contribution in [2.45, 2.75) is 28.7 Å². The Kier molecular flexibility index (Phi) is 5.85. The molecule has 0 unspecified atom stereocenters. The third-order valence-electron chi connectivity index (χ3n) is 4.03. The van der Waals surface area contributed by atoms with Gasteiger partial charge in [-0.15, -0.1) is 0 Å². The fourth-order valence-corrected chi connectivity index (χ4v) is 3.60. The van der Waals surface area contributed by atoms with Crippen molar-refractivity contribution < 1.29 is 18.8 Å². The Balaban J connectivity index is 1.89. The molecule has 0 aromatic heterocycles. The van der Waals surface area contributed by atoms with E-state index in [1.807, 2.05) is 0 Å². The average Bonchev–Trinajstić information content (AvgIpc) is 2.64. The SMILES string of the molecule is O=C(NC1CCOCC1)c1cc([N+](=O)[O-])ccc1Sc1ccccc1F. The first kappa shape index (κ1) is 18.3. The minimum absolute atomic E-state index is 0.0400. The Hall–Kier alpha value is -2.45. The van der Waals surface area contributed by atoms with Crippen LogP contribution in [-0.2, 0) is 4.74 Å². The maximum atomic E-state index is 13.9. The van der Waals surface area contributed by atoms with Gasteiger partial charge >= 0.3 is 0 Å². The second-order valence-corrected chi connectivity index (χ2v) is 6.91. The smallest absolute Gasteiger partial charge is 0.270 e. The Morgan fingerprint density at radius 1 is 1.19 bits per heavy atom. The van der Waals surface area contributed by atoms with Gasteiger partial charge in [0.25, 0.3) is 11.6 Å². The lowest BCUT2D eigenvalue weighted by Gasteiger charge is -2.23. The van der Waals surface area contributed by atoms with E-state index in [1.165, 1.54) is 24.3 Å². The fraction of sp³-hybridized carbons (Fsp3) is 0.278. The van der Waals surface area contributed by atoms with Crippen LogP contribution in [0.25, 0.3) is 0 Å². The zero-order chi connectivity index (χ0) is 18.5. The van der Waals surface area contributed by atoms with Crippen LogP contribution < -0.4 is 5.32 Å². The molecule has 0 atom stereocenters. The molecule has 0 aliphatic carbocycles. The van der Waals surface area contributed by atoms with Crippen LogP contribution in [0.4, 0.5) is 10.1 Å². The number of carbonyl (C=O) groups is 1. The first-order chi connectivity index (χ1) is 12.5. The minimum atomic E-state index is -0.553. The molecule has 1 fully saturated rings. The van der Waals surface area contributed by atoms with E-state index in [2.05, 4.69) is 5.32 Å². The summed E-state index contributed by atoms with van der Waals surface area (Å²) in [6.45, 7) is 1.13. The molecule has 26 heavy (non-hydrogen) atoms. The molecule has 6 nitrogen and oxygen atoms in total. The van der Waals surface area contributed by atoms with Crippen molar-refractivity contribution in [3.05, 3.63) is 64.0 Å². The number of ether oxygens (including phenoxy) is 1. The van der Waals surface area contributed by atoms with Gasteiger partial charge in [0.2, 0.25) is 0 Å². The second kappa shape index (κ2) is 8.29. The molecule has 1 amide bonds. The molecule has 2 aromatic rings. The molecule has 1 heterocycles. The maximum absolute atomic E-state index is 13.9. The van der Waals surface area contributed by atoms with E-state index in [0.29, 0.717) is 35.8 Å². The highest BCUT2D eigenvalue weighted by Crippen LogP contribution is 2.34. The predicted molar refractivity (Wildman–Crippen MR) is 94.9 cm³/mol. The molecule has 1 aliphatic heterocycles. The third kappa shape index (κ3) is 4.39. The van der Waals surface area contributed by atoms with Crippen LogP contribution in [0, 0.1) is 15.9 Å². The molecule has 1 aliphatic rings. The lowest BCUT2D eigenvalue weighted by molar-refractivity contribution is -0.384. The van der Waals surface area contributed by atoms with Gasteiger partial charge in [-0.3, -0.25) is 14.9 Å². The van der Waals surface area contributed by atoms with Gasteiger partial charge in [0.15, 0.2) is 0 Å². The number of hydrogen-bond acceptors (Lipinski definition) is 5. The number of nitrogens with one attached hydrogen (secondary N) is 1. The summed E-state index contributed by atoms with van der Waals surface area (Å²) in [4.78, 5) is 24.0. The Morgan fingerprint density at radius 3 is 2.62 bits per heavy atom. The highest BCUT2D eigenvalue weighted by molar-refractivity contribution is 7.99. The van der Waals surface area contributed by atoms with Crippen molar-refractivity contribution in [1.82, 2.24) is 5.32 Å². The molecular formula is C18H17FN2O4S. The molecule has 8 heteroatoms. The molecule has 0 saturated carbocycles. The minimum Gasteiger partial charge on any atom is -0.381 e. The molecule has 136 valence electrons. The third-order valence-corrected chi connectivity index (χ3v) is 5.16. The summed E-state index contributed by atoms with van der Waals surface area (Å²) in [5.41, 5.74) is -0.0149. The molecule has 1 N–H and O–H groups in total. The largest absolute Gasteiger partial charge is 0.381 e. The molecule has 1 saturated heterocycles. The Bertz CT molecular complexity index is 825. The van der Waals surface area contributed by atoms with E-state index in [4.69, 9.17) is 4.74 Å². The predicted octanol–water partition coefficient (Wildman–Crippen LogP) is 3.79. The van der Waals surface area contributed by atoms with Gasteiger partial charge in [0.1, 0.15) is 5.82 Å². The highest BCUT2D eigenvalue weighted by Gasteiger charge is 2.22. The van der Waals surface area contributed by atoms with Crippen molar-refractivity contribution in [1.29, 1.82) is 0 Å². The van der Waals surface area contributed by atoms with Gasteiger partial charge in [0, 0.05) is 41.2 Å². The van der Waals surface area contributed by atoms with E-state index in [1.54, 1.807) is 18.2 Å². The maximum Gasteiger partial charge on any atom is 0.270 e. The van der Waals surface area contributed by atoms with E-state index in [9.17, 15) is 19.3 Å². The number of nitro benzene ring substituents is 1. The average molecular weight is 376 g/mol. The number of halogens is 1. The highest BCUT2D eigenvalue weighted by atomic mass is 32.2. The van der Waals surface area contributed by atoms with Crippen LogP contribution in [0.15, 0.2) is 52.3 Å². The number of non-ortho nitro benzene ring substituents is 1.